The van der Waals surface area contributed by atoms with E-state index in [4.69, 9.17) is 5.73 Å². The zero-order valence-corrected chi connectivity index (χ0v) is 12.5. The van der Waals surface area contributed by atoms with Crippen molar-refractivity contribution in [1.82, 2.24) is 4.98 Å². The zero-order chi connectivity index (χ0) is 15.7. The SMILES string of the molecule is N[C@H]1CCS(=O)(CCC(c2nccs2)C(F)(F)F)=NC1=O. The van der Waals surface area contributed by atoms with E-state index in [1.807, 2.05) is 0 Å². The van der Waals surface area contributed by atoms with Crippen LogP contribution >= 0.6 is 11.3 Å². The van der Waals surface area contributed by atoms with E-state index >= 15 is 0 Å². The number of carbonyl (C=O) groups is 1. The molecule has 1 aliphatic heterocycles. The minimum atomic E-state index is -4.47. The van der Waals surface area contributed by atoms with Crippen molar-refractivity contribution in [2.45, 2.75) is 31.0 Å². The maximum Gasteiger partial charge on any atom is 0.398 e. The Morgan fingerprint density at radius 3 is 2.76 bits per heavy atom. The molecular weight excluding hydrogens is 327 g/mol. The summed E-state index contributed by atoms with van der Waals surface area (Å²) in [5.41, 5.74) is 5.44. The first-order valence-electron chi connectivity index (χ1n) is 6.19. The van der Waals surface area contributed by atoms with Crippen LogP contribution in [-0.2, 0) is 14.5 Å². The van der Waals surface area contributed by atoms with Gasteiger partial charge in [0.25, 0.3) is 5.91 Å². The summed E-state index contributed by atoms with van der Waals surface area (Å²) in [6.07, 6.45) is -3.38. The number of hydrogen-bond acceptors (Lipinski definition) is 5. The van der Waals surface area contributed by atoms with Crippen LogP contribution < -0.4 is 5.73 Å². The second-order valence-electron chi connectivity index (χ2n) is 4.76. The first-order valence-corrected chi connectivity index (χ1v) is 8.92. The number of halogens is 3. The number of nitrogens with zero attached hydrogens (tertiary/aromatic N) is 2. The van der Waals surface area contributed by atoms with Gasteiger partial charge in [-0.15, -0.1) is 11.3 Å². The van der Waals surface area contributed by atoms with Gasteiger partial charge in [-0.05, 0) is 12.8 Å². The zero-order valence-electron chi connectivity index (χ0n) is 10.9. The van der Waals surface area contributed by atoms with Crippen molar-refractivity contribution < 1.29 is 22.2 Å². The second-order valence-corrected chi connectivity index (χ2v) is 8.23. The number of rotatable bonds is 4. The molecule has 2 heterocycles. The number of amides is 1. The van der Waals surface area contributed by atoms with Crippen LogP contribution in [0.5, 0.6) is 0 Å². The van der Waals surface area contributed by atoms with E-state index in [0.717, 1.165) is 11.3 Å². The van der Waals surface area contributed by atoms with E-state index in [1.165, 1.54) is 11.6 Å². The third-order valence-electron chi connectivity index (χ3n) is 3.19. The van der Waals surface area contributed by atoms with Crippen LogP contribution in [0.1, 0.15) is 23.8 Å². The molecule has 10 heteroatoms. The third kappa shape index (κ3) is 4.01. The van der Waals surface area contributed by atoms with Crippen molar-refractivity contribution in [2.75, 3.05) is 11.5 Å². The van der Waals surface area contributed by atoms with E-state index in [-0.39, 0.29) is 22.9 Å². The summed E-state index contributed by atoms with van der Waals surface area (Å²) in [6, 6.07) is -0.794. The van der Waals surface area contributed by atoms with Crippen LogP contribution in [0.25, 0.3) is 0 Å². The first kappa shape index (κ1) is 16.4. The highest BCUT2D eigenvalue weighted by Gasteiger charge is 2.42. The highest BCUT2D eigenvalue weighted by molar-refractivity contribution is 7.93. The standard InChI is InChI=1S/C11H14F3N3O2S2/c12-11(13,14)7(10-16-3-4-20-10)1-5-21(19)6-2-8(15)9(18)17-21/h3-4,7-8H,1-2,5-6,15H2/t7?,8-,21?/m0/s1. The van der Waals surface area contributed by atoms with Gasteiger partial charge in [0.15, 0.2) is 0 Å². The predicted molar refractivity (Wildman–Crippen MR) is 73.4 cm³/mol. The number of nitrogens with two attached hydrogens (primary N) is 1. The summed E-state index contributed by atoms with van der Waals surface area (Å²) in [5, 5.41) is 1.39. The van der Waals surface area contributed by atoms with Gasteiger partial charge in [-0.1, -0.05) is 0 Å². The predicted octanol–water partition coefficient (Wildman–Crippen LogP) is 1.90. The molecule has 0 saturated heterocycles. The first-order chi connectivity index (χ1) is 9.71. The van der Waals surface area contributed by atoms with Crippen molar-refractivity contribution in [1.29, 1.82) is 0 Å². The van der Waals surface area contributed by atoms with E-state index in [0.29, 0.717) is 0 Å². The normalized spacial score (nSPS) is 28.2. The highest BCUT2D eigenvalue weighted by Crippen LogP contribution is 2.38. The Morgan fingerprint density at radius 2 is 2.24 bits per heavy atom. The van der Waals surface area contributed by atoms with Crippen LogP contribution in [0.15, 0.2) is 15.9 Å². The second kappa shape index (κ2) is 6.01. The fourth-order valence-corrected chi connectivity index (χ4v) is 4.87. The van der Waals surface area contributed by atoms with Gasteiger partial charge in [-0.25, -0.2) is 9.19 Å². The van der Waals surface area contributed by atoms with Crippen LogP contribution in [0.2, 0.25) is 0 Å². The lowest BCUT2D eigenvalue weighted by molar-refractivity contribution is -0.150. The van der Waals surface area contributed by atoms with E-state index in [2.05, 4.69) is 9.35 Å². The highest BCUT2D eigenvalue weighted by atomic mass is 32.2. The van der Waals surface area contributed by atoms with Gasteiger partial charge in [0.05, 0.1) is 15.8 Å². The summed E-state index contributed by atoms with van der Waals surface area (Å²) >= 11 is 0.903. The monoisotopic (exact) mass is 341 g/mol. The molecule has 5 nitrogen and oxygen atoms in total. The molecule has 1 aromatic heterocycles. The molecule has 3 atom stereocenters. The number of aromatic nitrogens is 1. The molecular formula is C11H14F3N3O2S2. The summed E-state index contributed by atoms with van der Waals surface area (Å²) in [4.78, 5) is 15.1. The van der Waals surface area contributed by atoms with Crippen molar-refractivity contribution >= 4 is 27.0 Å². The molecule has 0 bridgehead atoms. The quantitative estimate of drug-likeness (QED) is 0.906. The van der Waals surface area contributed by atoms with Gasteiger partial charge in [0, 0.05) is 23.1 Å². The lowest BCUT2D eigenvalue weighted by atomic mass is 10.1. The lowest BCUT2D eigenvalue weighted by Gasteiger charge is -2.21. The Bertz CT molecular complexity index is 621. The molecule has 0 spiro atoms. The van der Waals surface area contributed by atoms with E-state index in [1.54, 1.807) is 0 Å². The Balaban J connectivity index is 2.15. The van der Waals surface area contributed by atoms with Crippen LogP contribution in [0, 0.1) is 0 Å². The van der Waals surface area contributed by atoms with Gasteiger partial charge in [-0.2, -0.15) is 17.5 Å². The van der Waals surface area contributed by atoms with Gasteiger partial charge < -0.3 is 5.73 Å². The summed E-state index contributed by atoms with van der Waals surface area (Å²) in [6.45, 7) is 0. The lowest BCUT2D eigenvalue weighted by Crippen LogP contribution is -2.37. The van der Waals surface area contributed by atoms with Crippen molar-refractivity contribution in [3.8, 4) is 0 Å². The molecule has 0 saturated carbocycles. The number of alkyl halides is 3. The number of thiazole rings is 1. The third-order valence-corrected chi connectivity index (χ3v) is 6.34. The summed E-state index contributed by atoms with van der Waals surface area (Å²) in [5.74, 6) is -2.70. The average molecular weight is 341 g/mol. The Kier molecular flexibility index (Phi) is 4.69. The van der Waals surface area contributed by atoms with Crippen LogP contribution in [0.3, 0.4) is 0 Å². The van der Waals surface area contributed by atoms with Gasteiger partial charge >= 0.3 is 6.18 Å². The molecule has 2 N–H and O–H groups in total. The molecule has 0 fully saturated rings. The molecule has 1 amide bonds. The Hall–Kier alpha value is -1.00. The van der Waals surface area contributed by atoms with Crippen molar-refractivity contribution in [2.24, 2.45) is 10.1 Å². The molecule has 2 unspecified atom stereocenters. The number of carbonyl (C=O) groups excluding carboxylic acids is 1. The minimum absolute atomic E-state index is 0.0579. The molecule has 0 aliphatic carbocycles. The maximum absolute atomic E-state index is 13.1. The van der Waals surface area contributed by atoms with Crippen LogP contribution in [-0.4, -0.2) is 38.8 Å². The van der Waals surface area contributed by atoms with Crippen molar-refractivity contribution in [3.63, 3.8) is 0 Å². The topological polar surface area (TPSA) is 85.4 Å². The van der Waals surface area contributed by atoms with Crippen LogP contribution in [0.4, 0.5) is 13.2 Å². The smallest absolute Gasteiger partial charge is 0.320 e. The molecule has 2 rings (SSSR count). The molecule has 0 aromatic carbocycles. The van der Waals surface area contributed by atoms with E-state index in [9.17, 15) is 22.2 Å². The fourth-order valence-electron chi connectivity index (χ4n) is 2.00. The number of hydrogen-bond donors (Lipinski definition) is 1. The van der Waals surface area contributed by atoms with Gasteiger partial charge in [-0.3, -0.25) is 4.79 Å². The molecule has 0 radical (unpaired) electrons. The molecule has 1 aliphatic rings. The largest absolute Gasteiger partial charge is 0.398 e. The summed E-state index contributed by atoms with van der Waals surface area (Å²) < 4.78 is 55.0. The van der Waals surface area contributed by atoms with E-state index < -0.39 is 40.2 Å². The molecule has 1 aromatic rings. The molecule has 21 heavy (non-hydrogen) atoms. The molecule has 118 valence electrons. The average Bonchev–Trinajstić information content (AvgIpc) is 2.87. The van der Waals surface area contributed by atoms with Gasteiger partial charge in [0.2, 0.25) is 0 Å². The van der Waals surface area contributed by atoms with Gasteiger partial charge in [0.1, 0.15) is 10.9 Å². The summed E-state index contributed by atoms with van der Waals surface area (Å²) in [7, 11) is -2.95. The van der Waals surface area contributed by atoms with Crippen molar-refractivity contribution in [3.05, 3.63) is 16.6 Å². The Morgan fingerprint density at radius 1 is 1.52 bits per heavy atom. The maximum atomic E-state index is 13.1. The fraction of sp³-hybridized carbons (Fsp3) is 0.636. The minimum Gasteiger partial charge on any atom is -0.320 e. The Labute approximate surface area is 123 Å².